The number of benzene rings is 1. The molecule has 4 heteroatoms. The molecular weight excluding hydrogens is 202 g/mol. The Bertz CT molecular complexity index is 347. The highest BCUT2D eigenvalue weighted by molar-refractivity contribution is 5.83. The second kappa shape index (κ2) is 5.09. The monoisotopic (exact) mass is 219 g/mol. The van der Waals surface area contributed by atoms with Crippen LogP contribution in [-0.2, 0) is 4.79 Å². The van der Waals surface area contributed by atoms with Crippen LogP contribution in [0.15, 0.2) is 30.3 Å². The Balaban J connectivity index is 2.04. The lowest BCUT2D eigenvalue weighted by molar-refractivity contribution is -0.133. The lowest BCUT2D eigenvalue weighted by Gasteiger charge is -2.29. The first kappa shape index (κ1) is 11.1. The summed E-state index contributed by atoms with van der Waals surface area (Å²) in [7, 11) is 0. The molecule has 1 aliphatic heterocycles. The summed E-state index contributed by atoms with van der Waals surface area (Å²) in [5.74, 6) is 0.0210. The minimum atomic E-state index is -0.528. The van der Waals surface area contributed by atoms with Crippen molar-refractivity contribution in [3.63, 3.8) is 0 Å². The number of nitrogens with one attached hydrogen (secondary N) is 1. The van der Waals surface area contributed by atoms with E-state index in [1.807, 2.05) is 35.2 Å². The number of hydrogen-bond acceptors (Lipinski definition) is 3. The van der Waals surface area contributed by atoms with Crippen molar-refractivity contribution in [1.82, 2.24) is 10.2 Å². The quantitative estimate of drug-likeness (QED) is 0.742. The molecule has 0 spiro atoms. The average Bonchev–Trinajstić information content (AvgIpc) is 2.39. The molecular formula is C12H17N3O. The third-order valence-electron chi connectivity index (χ3n) is 2.85. The molecule has 1 fully saturated rings. The van der Waals surface area contributed by atoms with Gasteiger partial charge in [0.2, 0.25) is 5.91 Å². The van der Waals surface area contributed by atoms with E-state index < -0.39 is 6.04 Å². The van der Waals surface area contributed by atoms with E-state index in [9.17, 15) is 4.79 Å². The summed E-state index contributed by atoms with van der Waals surface area (Å²) in [4.78, 5) is 13.9. The maximum Gasteiger partial charge on any atom is 0.244 e. The average molecular weight is 219 g/mol. The molecule has 0 bridgehead atoms. The fraction of sp³-hybridized carbons (Fsp3) is 0.417. The number of nitrogens with zero attached hydrogens (tertiary/aromatic N) is 1. The molecule has 1 amide bonds. The highest BCUT2D eigenvalue weighted by Gasteiger charge is 2.23. The van der Waals surface area contributed by atoms with Crippen LogP contribution in [0.2, 0.25) is 0 Å². The molecule has 0 radical (unpaired) electrons. The van der Waals surface area contributed by atoms with Crippen molar-refractivity contribution in [2.45, 2.75) is 6.04 Å². The van der Waals surface area contributed by atoms with E-state index in [1.54, 1.807) is 0 Å². The topological polar surface area (TPSA) is 58.4 Å². The number of nitrogens with two attached hydrogens (primary N) is 1. The molecule has 1 aromatic rings. The molecule has 0 aromatic heterocycles. The van der Waals surface area contributed by atoms with Gasteiger partial charge in [-0.15, -0.1) is 0 Å². The van der Waals surface area contributed by atoms with Crippen molar-refractivity contribution in [2.75, 3.05) is 26.2 Å². The van der Waals surface area contributed by atoms with Crippen LogP contribution in [0.3, 0.4) is 0 Å². The molecule has 1 heterocycles. The van der Waals surface area contributed by atoms with Gasteiger partial charge in [-0.05, 0) is 5.56 Å². The Hall–Kier alpha value is -1.39. The molecule has 1 saturated heterocycles. The van der Waals surface area contributed by atoms with E-state index in [0.29, 0.717) is 0 Å². The van der Waals surface area contributed by atoms with Gasteiger partial charge in [-0.3, -0.25) is 4.79 Å². The largest absolute Gasteiger partial charge is 0.339 e. The first-order valence-corrected chi connectivity index (χ1v) is 5.59. The molecule has 0 aliphatic carbocycles. The third kappa shape index (κ3) is 2.40. The lowest BCUT2D eigenvalue weighted by Crippen LogP contribution is -2.49. The minimum Gasteiger partial charge on any atom is -0.339 e. The third-order valence-corrected chi connectivity index (χ3v) is 2.85. The molecule has 2 rings (SSSR count). The van der Waals surface area contributed by atoms with E-state index in [4.69, 9.17) is 5.73 Å². The normalized spacial score (nSPS) is 18.2. The molecule has 0 saturated carbocycles. The van der Waals surface area contributed by atoms with Crippen LogP contribution in [0.1, 0.15) is 11.6 Å². The number of piperazine rings is 1. The maximum atomic E-state index is 12.1. The van der Waals surface area contributed by atoms with Gasteiger partial charge in [-0.1, -0.05) is 30.3 Å². The molecule has 1 aliphatic rings. The van der Waals surface area contributed by atoms with Crippen LogP contribution in [-0.4, -0.2) is 37.0 Å². The van der Waals surface area contributed by atoms with E-state index >= 15 is 0 Å². The zero-order chi connectivity index (χ0) is 11.4. The SMILES string of the molecule is NC(C(=O)N1CCNCC1)c1ccccc1. The zero-order valence-electron chi connectivity index (χ0n) is 9.23. The summed E-state index contributed by atoms with van der Waals surface area (Å²) in [6.07, 6.45) is 0. The number of carbonyl (C=O) groups is 1. The van der Waals surface area contributed by atoms with Crippen LogP contribution < -0.4 is 11.1 Å². The predicted octanol–water partition coefficient (Wildman–Crippen LogP) is 0.118. The van der Waals surface area contributed by atoms with Crippen molar-refractivity contribution >= 4 is 5.91 Å². The Kier molecular flexibility index (Phi) is 3.54. The van der Waals surface area contributed by atoms with Gasteiger partial charge in [0.05, 0.1) is 0 Å². The molecule has 16 heavy (non-hydrogen) atoms. The fourth-order valence-corrected chi connectivity index (χ4v) is 1.88. The van der Waals surface area contributed by atoms with Gasteiger partial charge in [0.15, 0.2) is 0 Å². The first-order valence-electron chi connectivity index (χ1n) is 5.59. The Morgan fingerprint density at radius 2 is 1.88 bits per heavy atom. The first-order chi connectivity index (χ1) is 7.79. The van der Waals surface area contributed by atoms with Crippen molar-refractivity contribution < 1.29 is 4.79 Å². The molecule has 4 nitrogen and oxygen atoms in total. The number of amides is 1. The van der Waals surface area contributed by atoms with Crippen LogP contribution in [0.5, 0.6) is 0 Å². The summed E-state index contributed by atoms with van der Waals surface area (Å²) in [5.41, 5.74) is 6.84. The summed E-state index contributed by atoms with van der Waals surface area (Å²) in [6.45, 7) is 3.21. The maximum absolute atomic E-state index is 12.1. The molecule has 1 unspecified atom stereocenters. The Morgan fingerprint density at radius 1 is 1.25 bits per heavy atom. The van der Waals surface area contributed by atoms with Crippen LogP contribution in [0.4, 0.5) is 0 Å². The minimum absolute atomic E-state index is 0.0210. The number of hydrogen-bond donors (Lipinski definition) is 2. The second-order valence-corrected chi connectivity index (χ2v) is 3.96. The number of carbonyl (C=O) groups excluding carboxylic acids is 1. The molecule has 3 N–H and O–H groups in total. The molecule has 1 atom stereocenters. The van der Waals surface area contributed by atoms with E-state index in [-0.39, 0.29) is 5.91 Å². The summed E-state index contributed by atoms with van der Waals surface area (Å²) in [5, 5.41) is 3.21. The van der Waals surface area contributed by atoms with Crippen LogP contribution in [0, 0.1) is 0 Å². The second-order valence-electron chi connectivity index (χ2n) is 3.96. The molecule has 86 valence electrons. The van der Waals surface area contributed by atoms with Gasteiger partial charge >= 0.3 is 0 Å². The zero-order valence-corrected chi connectivity index (χ0v) is 9.23. The predicted molar refractivity (Wildman–Crippen MR) is 62.8 cm³/mol. The summed E-state index contributed by atoms with van der Waals surface area (Å²) >= 11 is 0. The van der Waals surface area contributed by atoms with Crippen molar-refractivity contribution in [3.05, 3.63) is 35.9 Å². The Labute approximate surface area is 95.4 Å². The van der Waals surface area contributed by atoms with Crippen LogP contribution >= 0.6 is 0 Å². The van der Waals surface area contributed by atoms with E-state index in [0.717, 1.165) is 31.7 Å². The van der Waals surface area contributed by atoms with Crippen molar-refractivity contribution in [2.24, 2.45) is 5.73 Å². The van der Waals surface area contributed by atoms with Gasteiger partial charge in [0.25, 0.3) is 0 Å². The number of rotatable bonds is 2. The summed E-state index contributed by atoms with van der Waals surface area (Å²) in [6, 6.07) is 8.99. The lowest BCUT2D eigenvalue weighted by atomic mass is 10.1. The highest BCUT2D eigenvalue weighted by atomic mass is 16.2. The van der Waals surface area contributed by atoms with Crippen molar-refractivity contribution in [1.29, 1.82) is 0 Å². The summed E-state index contributed by atoms with van der Waals surface area (Å²) < 4.78 is 0. The molecule has 1 aromatic carbocycles. The van der Waals surface area contributed by atoms with E-state index in [1.165, 1.54) is 0 Å². The van der Waals surface area contributed by atoms with Gasteiger partial charge in [0, 0.05) is 26.2 Å². The van der Waals surface area contributed by atoms with Gasteiger partial charge in [0.1, 0.15) is 6.04 Å². The standard InChI is InChI=1S/C12H17N3O/c13-11(10-4-2-1-3-5-10)12(16)15-8-6-14-7-9-15/h1-5,11,14H,6-9,13H2. The van der Waals surface area contributed by atoms with Crippen LogP contribution in [0.25, 0.3) is 0 Å². The smallest absolute Gasteiger partial charge is 0.244 e. The highest BCUT2D eigenvalue weighted by Crippen LogP contribution is 2.12. The van der Waals surface area contributed by atoms with E-state index in [2.05, 4.69) is 5.32 Å². The Morgan fingerprint density at radius 3 is 2.50 bits per heavy atom. The van der Waals surface area contributed by atoms with Gasteiger partial charge < -0.3 is 16.0 Å². The van der Waals surface area contributed by atoms with Gasteiger partial charge in [-0.2, -0.15) is 0 Å². The fourth-order valence-electron chi connectivity index (χ4n) is 1.88. The van der Waals surface area contributed by atoms with Crippen molar-refractivity contribution in [3.8, 4) is 0 Å². The van der Waals surface area contributed by atoms with Gasteiger partial charge in [-0.25, -0.2) is 0 Å².